The van der Waals surface area contributed by atoms with Gasteiger partial charge in [-0.2, -0.15) is 0 Å². The lowest BCUT2D eigenvalue weighted by atomic mass is 10.1. The standard InChI is InChI=1S/C16H30N2O3/c1-6-7-11-14(19)18-13(2)10-8-9-12-17-15(20)21-16(3,4)5/h6,13H,1,7-12H2,2-5H3,(H,17,20)(H,18,19)/t13-/m0/s1. The molecule has 0 heterocycles. The predicted molar refractivity (Wildman–Crippen MR) is 85.1 cm³/mol. The smallest absolute Gasteiger partial charge is 0.407 e. The largest absolute Gasteiger partial charge is 0.444 e. The van der Waals surface area contributed by atoms with Gasteiger partial charge in [-0.15, -0.1) is 6.58 Å². The molecule has 2 amide bonds. The normalized spacial score (nSPS) is 12.4. The second-order valence-electron chi connectivity index (χ2n) is 6.22. The number of hydrogen-bond donors (Lipinski definition) is 2. The van der Waals surface area contributed by atoms with Crippen LogP contribution in [-0.4, -0.2) is 30.2 Å². The van der Waals surface area contributed by atoms with E-state index in [4.69, 9.17) is 4.74 Å². The van der Waals surface area contributed by atoms with E-state index in [1.165, 1.54) is 0 Å². The van der Waals surface area contributed by atoms with Gasteiger partial charge in [0, 0.05) is 19.0 Å². The minimum Gasteiger partial charge on any atom is -0.444 e. The number of unbranched alkanes of at least 4 members (excludes halogenated alkanes) is 1. The zero-order chi connectivity index (χ0) is 16.3. The first-order chi connectivity index (χ1) is 9.74. The molecule has 0 unspecified atom stereocenters. The first-order valence-electron chi connectivity index (χ1n) is 7.61. The number of hydrogen-bond acceptors (Lipinski definition) is 3. The van der Waals surface area contributed by atoms with E-state index >= 15 is 0 Å². The van der Waals surface area contributed by atoms with Crippen molar-refractivity contribution in [3.8, 4) is 0 Å². The molecule has 0 bridgehead atoms. The highest BCUT2D eigenvalue weighted by atomic mass is 16.6. The number of alkyl carbamates (subject to hydrolysis) is 1. The Morgan fingerprint density at radius 1 is 1.29 bits per heavy atom. The van der Waals surface area contributed by atoms with Crippen molar-refractivity contribution in [3.63, 3.8) is 0 Å². The monoisotopic (exact) mass is 298 g/mol. The van der Waals surface area contributed by atoms with Crippen LogP contribution in [0.1, 0.15) is 59.8 Å². The Morgan fingerprint density at radius 3 is 2.52 bits per heavy atom. The molecule has 0 saturated carbocycles. The maximum atomic E-state index is 11.5. The van der Waals surface area contributed by atoms with Gasteiger partial charge < -0.3 is 15.4 Å². The summed E-state index contributed by atoms with van der Waals surface area (Å²) in [7, 11) is 0. The summed E-state index contributed by atoms with van der Waals surface area (Å²) in [5.74, 6) is 0.0641. The zero-order valence-corrected chi connectivity index (χ0v) is 13.8. The van der Waals surface area contributed by atoms with E-state index in [-0.39, 0.29) is 18.0 Å². The summed E-state index contributed by atoms with van der Waals surface area (Å²) in [5, 5.41) is 5.67. The molecule has 0 fully saturated rings. The van der Waals surface area contributed by atoms with Crippen molar-refractivity contribution in [1.29, 1.82) is 0 Å². The Bertz CT molecular complexity index is 335. The van der Waals surface area contributed by atoms with Crippen LogP contribution in [0.5, 0.6) is 0 Å². The number of rotatable bonds is 9. The minimum absolute atomic E-state index is 0.0641. The average Bonchev–Trinajstić information content (AvgIpc) is 2.33. The second-order valence-corrected chi connectivity index (χ2v) is 6.22. The summed E-state index contributed by atoms with van der Waals surface area (Å²) in [6.07, 6.45) is 5.27. The van der Waals surface area contributed by atoms with E-state index in [1.54, 1.807) is 6.08 Å². The van der Waals surface area contributed by atoms with Crippen LogP contribution in [0.15, 0.2) is 12.7 Å². The van der Waals surface area contributed by atoms with Gasteiger partial charge in [-0.05, 0) is 53.4 Å². The van der Waals surface area contributed by atoms with E-state index in [2.05, 4.69) is 17.2 Å². The number of nitrogens with one attached hydrogen (secondary N) is 2. The molecule has 0 aliphatic heterocycles. The molecule has 5 heteroatoms. The summed E-state index contributed by atoms with van der Waals surface area (Å²) in [6.45, 7) is 11.7. The van der Waals surface area contributed by atoms with Crippen LogP contribution in [0.25, 0.3) is 0 Å². The molecular formula is C16H30N2O3. The molecule has 0 rings (SSSR count). The highest BCUT2D eigenvalue weighted by Gasteiger charge is 2.15. The molecule has 1 atom stereocenters. The van der Waals surface area contributed by atoms with Crippen molar-refractivity contribution in [2.24, 2.45) is 0 Å². The first kappa shape index (κ1) is 19.5. The Balaban J connectivity index is 3.60. The van der Waals surface area contributed by atoms with Crippen LogP contribution < -0.4 is 10.6 Å². The van der Waals surface area contributed by atoms with Gasteiger partial charge in [0.2, 0.25) is 5.91 Å². The molecule has 0 aliphatic carbocycles. The van der Waals surface area contributed by atoms with Gasteiger partial charge in [-0.1, -0.05) is 6.08 Å². The molecule has 0 aromatic heterocycles. The van der Waals surface area contributed by atoms with Gasteiger partial charge >= 0.3 is 6.09 Å². The molecule has 0 aromatic rings. The average molecular weight is 298 g/mol. The van der Waals surface area contributed by atoms with Gasteiger partial charge in [0.25, 0.3) is 0 Å². The van der Waals surface area contributed by atoms with Crippen molar-refractivity contribution in [2.45, 2.75) is 71.4 Å². The lowest BCUT2D eigenvalue weighted by Gasteiger charge is -2.19. The van der Waals surface area contributed by atoms with Gasteiger partial charge in [0.15, 0.2) is 0 Å². The summed E-state index contributed by atoms with van der Waals surface area (Å²) in [6, 6.07) is 0.156. The van der Waals surface area contributed by atoms with E-state index < -0.39 is 5.60 Å². The minimum atomic E-state index is -0.464. The Hall–Kier alpha value is -1.52. The number of ether oxygens (including phenoxy) is 1. The van der Waals surface area contributed by atoms with Gasteiger partial charge in [0.05, 0.1) is 0 Å². The molecule has 122 valence electrons. The zero-order valence-electron chi connectivity index (χ0n) is 13.8. The van der Waals surface area contributed by atoms with Gasteiger partial charge in [0.1, 0.15) is 5.60 Å². The third-order valence-electron chi connectivity index (χ3n) is 2.72. The molecule has 21 heavy (non-hydrogen) atoms. The molecule has 0 radical (unpaired) electrons. The Kier molecular flexibility index (Phi) is 9.50. The molecule has 0 aromatic carbocycles. The van der Waals surface area contributed by atoms with Crippen molar-refractivity contribution in [3.05, 3.63) is 12.7 Å². The number of carbonyl (C=O) groups excluding carboxylic acids is 2. The number of amides is 2. The Labute approximate surface area is 128 Å². The van der Waals surface area contributed by atoms with E-state index in [1.807, 2.05) is 27.7 Å². The number of allylic oxidation sites excluding steroid dienone is 1. The highest BCUT2D eigenvalue weighted by molar-refractivity contribution is 5.76. The van der Waals surface area contributed by atoms with Gasteiger partial charge in [-0.25, -0.2) is 4.79 Å². The van der Waals surface area contributed by atoms with Crippen LogP contribution in [0.2, 0.25) is 0 Å². The van der Waals surface area contributed by atoms with Crippen molar-refractivity contribution < 1.29 is 14.3 Å². The van der Waals surface area contributed by atoms with Crippen molar-refractivity contribution in [1.82, 2.24) is 10.6 Å². The predicted octanol–water partition coefficient (Wildman–Crippen LogP) is 3.15. The van der Waals surface area contributed by atoms with Crippen LogP contribution in [0.4, 0.5) is 4.79 Å². The third-order valence-corrected chi connectivity index (χ3v) is 2.72. The van der Waals surface area contributed by atoms with Crippen LogP contribution in [0, 0.1) is 0 Å². The topological polar surface area (TPSA) is 67.4 Å². The fraction of sp³-hybridized carbons (Fsp3) is 0.750. The lowest BCUT2D eigenvalue weighted by Crippen LogP contribution is -2.33. The SMILES string of the molecule is C=CCCC(=O)N[C@@H](C)CCCCNC(=O)OC(C)(C)C. The summed E-state index contributed by atoms with van der Waals surface area (Å²) < 4.78 is 5.14. The quantitative estimate of drug-likeness (QED) is 0.507. The van der Waals surface area contributed by atoms with Crippen LogP contribution in [-0.2, 0) is 9.53 Å². The summed E-state index contributed by atoms with van der Waals surface area (Å²) >= 11 is 0. The molecule has 0 spiro atoms. The Morgan fingerprint density at radius 2 is 1.95 bits per heavy atom. The van der Waals surface area contributed by atoms with Crippen LogP contribution in [0.3, 0.4) is 0 Å². The molecule has 0 aliphatic rings. The molecule has 5 nitrogen and oxygen atoms in total. The second kappa shape index (κ2) is 10.2. The van der Waals surface area contributed by atoms with E-state index in [0.29, 0.717) is 19.4 Å². The van der Waals surface area contributed by atoms with Gasteiger partial charge in [-0.3, -0.25) is 4.79 Å². The third kappa shape index (κ3) is 13.2. The van der Waals surface area contributed by atoms with Crippen LogP contribution >= 0.6 is 0 Å². The van der Waals surface area contributed by atoms with E-state index in [9.17, 15) is 9.59 Å². The number of carbonyl (C=O) groups is 2. The molecule has 2 N–H and O–H groups in total. The maximum Gasteiger partial charge on any atom is 0.407 e. The summed E-state index contributed by atoms with van der Waals surface area (Å²) in [5.41, 5.74) is -0.464. The molecule has 0 saturated heterocycles. The summed E-state index contributed by atoms with van der Waals surface area (Å²) in [4.78, 5) is 22.9. The molecular weight excluding hydrogens is 268 g/mol. The van der Waals surface area contributed by atoms with E-state index in [0.717, 1.165) is 19.3 Å². The lowest BCUT2D eigenvalue weighted by molar-refractivity contribution is -0.121. The van der Waals surface area contributed by atoms with Crippen molar-refractivity contribution >= 4 is 12.0 Å². The fourth-order valence-corrected chi connectivity index (χ4v) is 1.73. The fourth-order valence-electron chi connectivity index (χ4n) is 1.73. The highest BCUT2D eigenvalue weighted by Crippen LogP contribution is 2.06. The van der Waals surface area contributed by atoms with Crippen molar-refractivity contribution in [2.75, 3.05) is 6.54 Å². The first-order valence-corrected chi connectivity index (χ1v) is 7.61. The maximum absolute atomic E-state index is 11.5.